The maximum absolute atomic E-state index is 12.9. The molecule has 0 bridgehead atoms. The monoisotopic (exact) mass is 495 g/mol. The number of esters is 1. The number of ether oxygens (including phenoxy) is 1. The van der Waals surface area contributed by atoms with Gasteiger partial charge in [-0.05, 0) is 103 Å². The zero-order chi connectivity index (χ0) is 25.2. The second kappa shape index (κ2) is 8.20. The summed E-state index contributed by atoms with van der Waals surface area (Å²) in [6.07, 6.45) is 6.49. The third-order valence-corrected chi connectivity index (χ3v) is 9.98. The lowest BCUT2D eigenvalue weighted by molar-refractivity contribution is -0.000314. The summed E-state index contributed by atoms with van der Waals surface area (Å²) in [5.74, 6) is 1.04. The number of phenols is 1. The van der Waals surface area contributed by atoms with Gasteiger partial charge in [-0.25, -0.2) is 18.4 Å². The molecular formula is C28H33NO5S. The third-order valence-electron chi connectivity index (χ3n) is 9.05. The van der Waals surface area contributed by atoms with Crippen LogP contribution in [0.3, 0.4) is 0 Å². The van der Waals surface area contributed by atoms with Crippen molar-refractivity contribution in [2.45, 2.75) is 62.4 Å². The van der Waals surface area contributed by atoms with Gasteiger partial charge in [-0.3, -0.25) is 0 Å². The SMILES string of the molecule is C=C[C@]12CC[C@]3(C)C[C@H](OC(=O)c4ccc(S(N)(=O)=O)cc4)CC3C1C(C)Cc1cc(O)ccc12. The van der Waals surface area contributed by atoms with Gasteiger partial charge in [0.15, 0.2) is 0 Å². The highest BCUT2D eigenvalue weighted by Gasteiger charge is 2.60. The molecular weight excluding hydrogens is 462 g/mol. The van der Waals surface area contributed by atoms with Crippen LogP contribution < -0.4 is 5.14 Å². The molecule has 0 heterocycles. The highest BCUT2D eigenvalue weighted by atomic mass is 32.2. The number of nitrogens with two attached hydrogens (primary N) is 1. The summed E-state index contributed by atoms with van der Waals surface area (Å²) in [4.78, 5) is 12.9. The summed E-state index contributed by atoms with van der Waals surface area (Å²) >= 11 is 0. The highest BCUT2D eigenvalue weighted by Crippen LogP contribution is 2.65. The summed E-state index contributed by atoms with van der Waals surface area (Å²) in [5, 5.41) is 15.2. The van der Waals surface area contributed by atoms with Gasteiger partial charge in [0.25, 0.3) is 0 Å². The zero-order valence-electron chi connectivity index (χ0n) is 20.2. The minimum atomic E-state index is -3.81. The topological polar surface area (TPSA) is 107 Å². The summed E-state index contributed by atoms with van der Waals surface area (Å²) in [6.45, 7) is 8.92. The number of rotatable bonds is 4. The van der Waals surface area contributed by atoms with E-state index in [4.69, 9.17) is 9.88 Å². The van der Waals surface area contributed by atoms with Crippen LogP contribution in [0, 0.1) is 23.2 Å². The molecule has 0 spiro atoms. The van der Waals surface area contributed by atoms with Gasteiger partial charge in [0.05, 0.1) is 10.5 Å². The zero-order valence-corrected chi connectivity index (χ0v) is 21.1. The van der Waals surface area contributed by atoms with Crippen LogP contribution in [0.1, 0.15) is 61.0 Å². The van der Waals surface area contributed by atoms with Gasteiger partial charge in [-0.15, -0.1) is 6.58 Å². The van der Waals surface area contributed by atoms with Gasteiger partial charge in [-0.2, -0.15) is 0 Å². The van der Waals surface area contributed by atoms with Crippen molar-refractivity contribution >= 4 is 16.0 Å². The van der Waals surface area contributed by atoms with E-state index in [-0.39, 0.29) is 21.8 Å². The number of allylic oxidation sites excluding steroid dienone is 1. The van der Waals surface area contributed by atoms with E-state index in [0.717, 1.165) is 32.1 Å². The first-order valence-electron chi connectivity index (χ1n) is 12.3. The molecule has 2 saturated carbocycles. The fraction of sp³-hybridized carbons (Fsp3) is 0.464. The Balaban J connectivity index is 1.40. The van der Waals surface area contributed by atoms with E-state index in [0.29, 0.717) is 29.1 Å². The molecule has 7 heteroatoms. The van der Waals surface area contributed by atoms with Crippen LogP contribution in [0.4, 0.5) is 0 Å². The molecule has 0 saturated heterocycles. The number of fused-ring (bicyclic) bond motifs is 5. The average Bonchev–Trinajstić information content (AvgIpc) is 3.13. The van der Waals surface area contributed by atoms with Gasteiger partial charge >= 0.3 is 5.97 Å². The quantitative estimate of drug-likeness (QED) is 0.472. The molecule has 3 N–H and O–H groups in total. The van der Waals surface area contributed by atoms with Crippen LogP contribution in [0.2, 0.25) is 0 Å². The van der Waals surface area contributed by atoms with Crippen molar-refractivity contribution in [1.29, 1.82) is 0 Å². The number of phenolic OH excluding ortho intramolecular Hbond substituents is 1. The van der Waals surface area contributed by atoms with Crippen molar-refractivity contribution in [3.63, 3.8) is 0 Å². The normalized spacial score (nSPS) is 33.8. The number of carbonyl (C=O) groups is 1. The van der Waals surface area contributed by atoms with Crippen molar-refractivity contribution in [3.05, 3.63) is 71.8 Å². The largest absolute Gasteiger partial charge is 0.508 e. The minimum Gasteiger partial charge on any atom is -0.508 e. The molecule has 6 nitrogen and oxygen atoms in total. The van der Waals surface area contributed by atoms with E-state index in [2.05, 4.69) is 32.6 Å². The van der Waals surface area contributed by atoms with Gasteiger partial charge in [0.2, 0.25) is 10.0 Å². The molecule has 0 radical (unpaired) electrons. The van der Waals surface area contributed by atoms with Gasteiger partial charge in [-0.1, -0.05) is 26.0 Å². The van der Waals surface area contributed by atoms with Crippen LogP contribution in [0.5, 0.6) is 5.75 Å². The minimum absolute atomic E-state index is 0.0332. The average molecular weight is 496 g/mol. The van der Waals surface area contributed by atoms with Crippen LogP contribution in [0.25, 0.3) is 0 Å². The van der Waals surface area contributed by atoms with Gasteiger partial charge in [0.1, 0.15) is 11.9 Å². The molecule has 0 aromatic heterocycles. The summed E-state index contributed by atoms with van der Waals surface area (Å²) in [6, 6.07) is 11.3. The summed E-state index contributed by atoms with van der Waals surface area (Å²) < 4.78 is 29.0. The first kappa shape index (κ1) is 24.1. The molecule has 2 aromatic carbocycles. The van der Waals surface area contributed by atoms with E-state index in [1.165, 1.54) is 35.4 Å². The lowest BCUT2D eigenvalue weighted by Crippen LogP contribution is -2.52. The fourth-order valence-corrected chi connectivity index (χ4v) is 8.06. The van der Waals surface area contributed by atoms with E-state index < -0.39 is 16.0 Å². The number of primary sulfonamides is 1. The van der Waals surface area contributed by atoms with Crippen LogP contribution >= 0.6 is 0 Å². The lowest BCUT2D eigenvalue weighted by atomic mass is 9.46. The maximum atomic E-state index is 12.9. The Labute approximate surface area is 207 Å². The standard InChI is InChI=1S/C28H33NO5S/c1-4-28-12-11-27(3)16-21(34-26(31)18-5-8-22(9-6-18)35(29,32)33)15-24(27)25(28)17(2)13-19-14-20(30)7-10-23(19)28/h4-10,14,17,21,24-25,30H,1,11-13,15-16H2,2-3H3,(H2,29,32,33)/t17?,21-,24?,25?,27-,28-/m1/s1. The first-order valence-corrected chi connectivity index (χ1v) is 13.8. The number of sulfonamides is 1. The molecule has 3 aliphatic carbocycles. The van der Waals surface area contributed by atoms with Crippen molar-refractivity contribution in [1.82, 2.24) is 0 Å². The van der Waals surface area contributed by atoms with Crippen LogP contribution in [-0.2, 0) is 26.6 Å². The Bertz CT molecular complexity index is 1290. The fourth-order valence-electron chi connectivity index (χ4n) is 7.54. The number of hydrogen-bond acceptors (Lipinski definition) is 5. The second-order valence-electron chi connectivity index (χ2n) is 11.1. The Morgan fingerprint density at radius 1 is 1.20 bits per heavy atom. The van der Waals surface area contributed by atoms with Crippen molar-refractivity contribution in [2.24, 2.45) is 28.3 Å². The number of carbonyl (C=O) groups excluding carboxylic acids is 1. The summed E-state index contributed by atoms with van der Waals surface area (Å²) in [7, 11) is -3.81. The Kier molecular flexibility index (Phi) is 5.64. The van der Waals surface area contributed by atoms with E-state index in [9.17, 15) is 18.3 Å². The van der Waals surface area contributed by atoms with E-state index >= 15 is 0 Å². The molecule has 6 atom stereocenters. The predicted molar refractivity (Wildman–Crippen MR) is 133 cm³/mol. The number of benzene rings is 2. The molecule has 186 valence electrons. The van der Waals surface area contributed by atoms with Crippen LogP contribution in [-0.4, -0.2) is 25.6 Å². The van der Waals surface area contributed by atoms with Gasteiger partial charge in [0, 0.05) is 5.41 Å². The molecule has 5 rings (SSSR count). The molecule has 3 aliphatic rings. The van der Waals surface area contributed by atoms with Crippen molar-refractivity contribution in [3.8, 4) is 5.75 Å². The number of aromatic hydroxyl groups is 1. The van der Waals surface area contributed by atoms with E-state index in [1.807, 2.05) is 6.07 Å². The van der Waals surface area contributed by atoms with Crippen molar-refractivity contribution in [2.75, 3.05) is 0 Å². The summed E-state index contributed by atoms with van der Waals surface area (Å²) in [5.41, 5.74) is 2.74. The molecule has 2 aromatic rings. The first-order chi connectivity index (χ1) is 16.5. The Hall–Kier alpha value is -2.64. The highest BCUT2D eigenvalue weighted by molar-refractivity contribution is 7.89. The maximum Gasteiger partial charge on any atom is 0.338 e. The Morgan fingerprint density at radius 2 is 1.91 bits per heavy atom. The molecule has 35 heavy (non-hydrogen) atoms. The molecule has 0 aliphatic heterocycles. The smallest absolute Gasteiger partial charge is 0.338 e. The second-order valence-corrected chi connectivity index (χ2v) is 12.7. The third kappa shape index (κ3) is 3.89. The lowest BCUT2D eigenvalue weighted by Gasteiger charge is -2.57. The number of hydrogen-bond donors (Lipinski definition) is 2. The van der Waals surface area contributed by atoms with Gasteiger partial charge < -0.3 is 9.84 Å². The molecule has 0 amide bonds. The molecule has 3 unspecified atom stereocenters. The van der Waals surface area contributed by atoms with Crippen molar-refractivity contribution < 1.29 is 23.1 Å². The van der Waals surface area contributed by atoms with Crippen LogP contribution in [0.15, 0.2) is 60.0 Å². The Morgan fingerprint density at radius 3 is 2.57 bits per heavy atom. The molecule has 2 fully saturated rings. The predicted octanol–water partition coefficient (Wildman–Crippen LogP) is 4.71. The van der Waals surface area contributed by atoms with E-state index in [1.54, 1.807) is 6.07 Å².